The first-order valence-corrected chi connectivity index (χ1v) is 3.64. The Labute approximate surface area is 53.9 Å². The van der Waals surface area contributed by atoms with Gasteiger partial charge in [-0.05, 0) is 13.0 Å². The molecular formula is C4H8O4S. The van der Waals surface area contributed by atoms with Crippen LogP contribution < -0.4 is 0 Å². The van der Waals surface area contributed by atoms with E-state index in [1.807, 2.05) is 0 Å². The van der Waals surface area contributed by atoms with Crippen LogP contribution in [0.2, 0.25) is 0 Å². The van der Waals surface area contributed by atoms with Crippen molar-refractivity contribution in [1.82, 2.24) is 0 Å². The maximum absolute atomic E-state index is 10.2. The SMILES string of the molecule is C/C=C(/OC)S(=O)(=O)O. The standard InChI is InChI=1S/C4H8O4S/c1-3-4(8-2)9(5,6)7/h3H,1-2H3,(H,5,6,7)/b4-3-. The summed E-state index contributed by atoms with van der Waals surface area (Å²) in [5, 5.41) is -0.428. The summed E-state index contributed by atoms with van der Waals surface area (Å²) in [7, 11) is -2.96. The molecule has 1 N–H and O–H groups in total. The lowest BCUT2D eigenvalue weighted by Crippen LogP contribution is -2.02. The average molecular weight is 152 g/mol. The van der Waals surface area contributed by atoms with Gasteiger partial charge in [-0.15, -0.1) is 0 Å². The van der Waals surface area contributed by atoms with Crippen LogP contribution in [0.1, 0.15) is 6.92 Å². The summed E-state index contributed by atoms with van der Waals surface area (Å²) in [6, 6.07) is 0. The van der Waals surface area contributed by atoms with Gasteiger partial charge in [0, 0.05) is 0 Å². The zero-order valence-corrected chi connectivity index (χ0v) is 5.97. The molecule has 0 unspecified atom stereocenters. The van der Waals surface area contributed by atoms with Crippen LogP contribution in [-0.2, 0) is 14.9 Å². The van der Waals surface area contributed by atoms with Crippen molar-refractivity contribution in [3.63, 3.8) is 0 Å². The number of allylic oxidation sites excluding steroid dienone is 1. The van der Waals surface area contributed by atoms with Crippen molar-refractivity contribution in [1.29, 1.82) is 0 Å². The van der Waals surface area contributed by atoms with Crippen LogP contribution in [0.3, 0.4) is 0 Å². The zero-order chi connectivity index (χ0) is 7.49. The third-order valence-corrected chi connectivity index (χ3v) is 1.60. The maximum atomic E-state index is 10.2. The summed E-state index contributed by atoms with van der Waals surface area (Å²) in [4.78, 5) is 0. The molecule has 0 rings (SSSR count). The molecule has 0 aliphatic heterocycles. The van der Waals surface area contributed by atoms with Gasteiger partial charge in [0.15, 0.2) is 0 Å². The van der Waals surface area contributed by atoms with Gasteiger partial charge in [0.05, 0.1) is 7.11 Å². The largest absolute Gasteiger partial charge is 0.485 e. The van der Waals surface area contributed by atoms with Crippen LogP contribution in [0.15, 0.2) is 11.2 Å². The minimum atomic E-state index is -4.13. The highest BCUT2D eigenvalue weighted by molar-refractivity contribution is 7.89. The second-order valence-corrected chi connectivity index (χ2v) is 2.64. The molecule has 0 aliphatic carbocycles. The van der Waals surface area contributed by atoms with E-state index in [1.54, 1.807) is 0 Å². The number of methoxy groups -OCH3 is 1. The van der Waals surface area contributed by atoms with Gasteiger partial charge >= 0.3 is 10.1 Å². The minimum Gasteiger partial charge on any atom is -0.485 e. The smallest absolute Gasteiger partial charge is 0.327 e. The second kappa shape index (κ2) is 2.84. The molecule has 0 radical (unpaired) electrons. The van der Waals surface area contributed by atoms with Gasteiger partial charge in [-0.1, -0.05) is 0 Å². The molecule has 0 saturated carbocycles. The summed E-state index contributed by atoms with van der Waals surface area (Å²) < 4.78 is 32.9. The van der Waals surface area contributed by atoms with Gasteiger partial charge in [-0.25, -0.2) is 0 Å². The summed E-state index contributed by atoms with van der Waals surface area (Å²) in [5.41, 5.74) is 0. The van der Waals surface area contributed by atoms with Crippen molar-refractivity contribution < 1.29 is 17.7 Å². The molecule has 4 nitrogen and oxygen atoms in total. The van der Waals surface area contributed by atoms with Crippen LogP contribution in [0.25, 0.3) is 0 Å². The highest BCUT2D eigenvalue weighted by atomic mass is 32.2. The summed E-state index contributed by atoms with van der Waals surface area (Å²) in [6.07, 6.45) is 1.16. The van der Waals surface area contributed by atoms with E-state index in [9.17, 15) is 8.42 Å². The van der Waals surface area contributed by atoms with Gasteiger partial charge in [-0.3, -0.25) is 4.55 Å². The van der Waals surface area contributed by atoms with E-state index in [0.29, 0.717) is 0 Å². The number of ether oxygens (including phenoxy) is 1. The van der Waals surface area contributed by atoms with Gasteiger partial charge in [0.2, 0.25) is 5.09 Å². The number of rotatable bonds is 2. The van der Waals surface area contributed by atoms with E-state index in [-0.39, 0.29) is 0 Å². The second-order valence-electron chi connectivity index (χ2n) is 1.29. The molecular weight excluding hydrogens is 144 g/mol. The van der Waals surface area contributed by atoms with Crippen LogP contribution in [0.5, 0.6) is 0 Å². The quantitative estimate of drug-likeness (QED) is 0.459. The Morgan fingerprint density at radius 3 is 2.11 bits per heavy atom. The molecule has 0 atom stereocenters. The number of hydrogen-bond acceptors (Lipinski definition) is 3. The summed E-state index contributed by atoms with van der Waals surface area (Å²) >= 11 is 0. The third kappa shape index (κ3) is 2.48. The van der Waals surface area contributed by atoms with E-state index in [1.165, 1.54) is 14.0 Å². The lowest BCUT2D eigenvalue weighted by Gasteiger charge is -1.98. The Bertz CT molecular complexity index is 201. The van der Waals surface area contributed by atoms with Crippen molar-refractivity contribution >= 4 is 10.1 Å². The van der Waals surface area contributed by atoms with Gasteiger partial charge < -0.3 is 4.74 Å². The summed E-state index contributed by atoms with van der Waals surface area (Å²) in [5.74, 6) is 0. The Kier molecular flexibility index (Phi) is 2.66. The highest BCUT2D eigenvalue weighted by Crippen LogP contribution is 2.02. The normalized spacial score (nSPS) is 13.4. The van der Waals surface area contributed by atoms with Gasteiger partial charge in [0.1, 0.15) is 0 Å². The fourth-order valence-electron chi connectivity index (χ4n) is 0.372. The molecule has 0 aromatic heterocycles. The Morgan fingerprint density at radius 2 is 2.11 bits per heavy atom. The van der Waals surface area contributed by atoms with Crippen molar-refractivity contribution in [3.8, 4) is 0 Å². The summed E-state index contributed by atoms with van der Waals surface area (Å²) in [6.45, 7) is 1.45. The van der Waals surface area contributed by atoms with Crippen LogP contribution in [0.4, 0.5) is 0 Å². The Morgan fingerprint density at radius 1 is 1.67 bits per heavy atom. The van der Waals surface area contributed by atoms with Crippen molar-refractivity contribution in [3.05, 3.63) is 11.2 Å². The van der Waals surface area contributed by atoms with E-state index in [0.717, 1.165) is 6.08 Å². The van der Waals surface area contributed by atoms with Gasteiger partial charge in [-0.2, -0.15) is 8.42 Å². The molecule has 0 aliphatic rings. The van der Waals surface area contributed by atoms with Gasteiger partial charge in [0.25, 0.3) is 0 Å². The lowest BCUT2D eigenvalue weighted by molar-refractivity contribution is 0.306. The third-order valence-electron chi connectivity index (χ3n) is 0.691. The van der Waals surface area contributed by atoms with Crippen molar-refractivity contribution in [2.75, 3.05) is 7.11 Å². The van der Waals surface area contributed by atoms with Crippen LogP contribution >= 0.6 is 0 Å². The topological polar surface area (TPSA) is 63.6 Å². The predicted octanol–water partition coefficient (Wildman–Crippen LogP) is 0.382. The fourth-order valence-corrected chi connectivity index (χ4v) is 0.881. The first-order chi connectivity index (χ1) is 4.02. The Balaban J connectivity index is 4.56. The highest BCUT2D eigenvalue weighted by Gasteiger charge is 2.10. The fraction of sp³-hybridized carbons (Fsp3) is 0.500. The maximum Gasteiger partial charge on any atom is 0.327 e. The molecule has 0 fully saturated rings. The molecule has 54 valence electrons. The minimum absolute atomic E-state index is 0.428. The molecule has 0 amide bonds. The number of hydrogen-bond donors (Lipinski definition) is 1. The van der Waals surface area contributed by atoms with Crippen LogP contribution in [-0.4, -0.2) is 20.1 Å². The van der Waals surface area contributed by atoms with Crippen LogP contribution in [0, 0.1) is 0 Å². The zero-order valence-electron chi connectivity index (χ0n) is 5.16. The first kappa shape index (κ1) is 8.45. The van der Waals surface area contributed by atoms with Crippen molar-refractivity contribution in [2.45, 2.75) is 6.92 Å². The molecule has 0 bridgehead atoms. The van der Waals surface area contributed by atoms with E-state index < -0.39 is 15.2 Å². The molecule has 0 saturated heterocycles. The molecule has 0 aromatic rings. The lowest BCUT2D eigenvalue weighted by atomic mass is 10.7. The monoisotopic (exact) mass is 152 g/mol. The molecule has 5 heteroatoms. The molecule has 9 heavy (non-hydrogen) atoms. The average Bonchev–Trinajstić information content (AvgIpc) is 1.65. The molecule has 0 heterocycles. The van der Waals surface area contributed by atoms with E-state index >= 15 is 0 Å². The Hall–Kier alpha value is -0.550. The molecule has 0 spiro atoms. The first-order valence-electron chi connectivity index (χ1n) is 2.20. The van der Waals surface area contributed by atoms with Crippen molar-refractivity contribution in [2.24, 2.45) is 0 Å². The van der Waals surface area contributed by atoms with E-state index in [4.69, 9.17) is 4.55 Å². The van der Waals surface area contributed by atoms with E-state index in [2.05, 4.69) is 4.74 Å². The molecule has 0 aromatic carbocycles. The predicted molar refractivity (Wildman–Crippen MR) is 32.3 cm³/mol.